The third-order valence-electron chi connectivity index (χ3n) is 3.63. The summed E-state index contributed by atoms with van der Waals surface area (Å²) < 4.78 is 0. The van der Waals surface area contributed by atoms with Crippen LogP contribution in [0.4, 0.5) is 0 Å². The van der Waals surface area contributed by atoms with Gasteiger partial charge in [0, 0.05) is 12.6 Å². The Morgan fingerprint density at radius 3 is 2.61 bits per heavy atom. The maximum Gasteiger partial charge on any atom is 0.240 e. The molecule has 1 amide bonds. The normalized spacial score (nSPS) is 17.2. The fourth-order valence-electron chi connectivity index (χ4n) is 2.44. The first kappa shape index (κ1) is 15.2. The highest BCUT2D eigenvalue weighted by atomic mass is 16.2. The van der Waals surface area contributed by atoms with E-state index in [9.17, 15) is 4.79 Å². The summed E-state index contributed by atoms with van der Waals surface area (Å²) in [7, 11) is 0. The van der Waals surface area contributed by atoms with Crippen LogP contribution in [0.3, 0.4) is 0 Å². The lowest BCUT2D eigenvalue weighted by atomic mass is 9.90. The van der Waals surface area contributed by atoms with Gasteiger partial charge in [-0.1, -0.05) is 51.9 Å². The van der Waals surface area contributed by atoms with Crippen LogP contribution >= 0.6 is 0 Å². The van der Waals surface area contributed by atoms with Gasteiger partial charge in [-0.15, -0.1) is 0 Å². The van der Waals surface area contributed by atoms with Crippen LogP contribution in [-0.4, -0.2) is 12.1 Å². The Bertz CT molecular complexity index is 245. The minimum Gasteiger partial charge on any atom is -0.273 e. The van der Waals surface area contributed by atoms with Crippen LogP contribution in [0.5, 0.6) is 0 Å². The van der Waals surface area contributed by atoms with Gasteiger partial charge in [0.2, 0.25) is 5.91 Å². The molecule has 0 aromatic rings. The van der Waals surface area contributed by atoms with Crippen LogP contribution in [0.25, 0.3) is 0 Å². The second-order valence-electron chi connectivity index (χ2n) is 5.38. The predicted octanol–water partition coefficient (Wildman–Crippen LogP) is 4.03. The lowest BCUT2D eigenvalue weighted by Gasteiger charge is -2.16. The first-order chi connectivity index (χ1) is 8.83. The van der Waals surface area contributed by atoms with E-state index in [2.05, 4.69) is 17.5 Å². The first-order valence-corrected chi connectivity index (χ1v) is 7.65. The third-order valence-corrected chi connectivity index (χ3v) is 3.63. The lowest BCUT2D eigenvalue weighted by Crippen LogP contribution is -2.18. The van der Waals surface area contributed by atoms with E-state index in [-0.39, 0.29) is 5.91 Å². The lowest BCUT2D eigenvalue weighted by molar-refractivity contribution is -0.121. The second kappa shape index (κ2) is 10.1. The molecule has 0 atom stereocenters. The van der Waals surface area contributed by atoms with E-state index in [0.29, 0.717) is 12.3 Å². The van der Waals surface area contributed by atoms with Crippen LogP contribution < -0.4 is 5.43 Å². The number of nitrogens with one attached hydrogen (secondary N) is 1. The van der Waals surface area contributed by atoms with E-state index < -0.39 is 0 Å². The van der Waals surface area contributed by atoms with Crippen molar-refractivity contribution < 1.29 is 4.79 Å². The van der Waals surface area contributed by atoms with Crippen molar-refractivity contribution in [3.63, 3.8) is 0 Å². The summed E-state index contributed by atoms with van der Waals surface area (Å²) in [5.41, 5.74) is 2.65. The molecule has 0 unspecified atom stereocenters. The van der Waals surface area contributed by atoms with Crippen molar-refractivity contribution >= 4 is 12.1 Å². The predicted molar refractivity (Wildman–Crippen MR) is 76.6 cm³/mol. The number of carbonyl (C=O) groups is 1. The Morgan fingerprint density at radius 2 is 1.89 bits per heavy atom. The molecule has 104 valence electrons. The van der Waals surface area contributed by atoms with Crippen LogP contribution in [0.15, 0.2) is 5.10 Å². The van der Waals surface area contributed by atoms with Crippen molar-refractivity contribution in [3.8, 4) is 0 Å². The maximum atomic E-state index is 11.5. The molecule has 0 aromatic carbocycles. The van der Waals surface area contributed by atoms with E-state index in [0.717, 1.165) is 12.8 Å². The SMILES string of the molecule is CCCCCCCC(=O)N/N=C\C1CCCCC1. The van der Waals surface area contributed by atoms with Crippen LogP contribution in [-0.2, 0) is 4.79 Å². The van der Waals surface area contributed by atoms with Crippen molar-refractivity contribution in [3.05, 3.63) is 0 Å². The molecule has 1 aliphatic carbocycles. The van der Waals surface area contributed by atoms with Gasteiger partial charge in [0.15, 0.2) is 0 Å². The van der Waals surface area contributed by atoms with Gasteiger partial charge >= 0.3 is 0 Å². The molecule has 0 aromatic heterocycles. The zero-order valence-corrected chi connectivity index (χ0v) is 11.8. The zero-order valence-electron chi connectivity index (χ0n) is 11.8. The smallest absolute Gasteiger partial charge is 0.240 e. The molecule has 0 radical (unpaired) electrons. The Hall–Kier alpha value is -0.860. The molecule has 18 heavy (non-hydrogen) atoms. The summed E-state index contributed by atoms with van der Waals surface area (Å²) in [5.74, 6) is 0.655. The molecular weight excluding hydrogens is 224 g/mol. The van der Waals surface area contributed by atoms with Gasteiger partial charge in [-0.05, 0) is 25.2 Å². The van der Waals surface area contributed by atoms with Crippen molar-refractivity contribution in [1.29, 1.82) is 0 Å². The number of hydrazone groups is 1. The number of carbonyl (C=O) groups excluding carboxylic acids is 1. The molecule has 1 N–H and O–H groups in total. The quantitative estimate of drug-likeness (QED) is 0.395. The third kappa shape index (κ3) is 7.46. The van der Waals surface area contributed by atoms with Gasteiger partial charge in [-0.2, -0.15) is 5.10 Å². The van der Waals surface area contributed by atoms with Crippen molar-refractivity contribution in [2.24, 2.45) is 11.0 Å². The van der Waals surface area contributed by atoms with Crippen LogP contribution in [0.2, 0.25) is 0 Å². The van der Waals surface area contributed by atoms with Gasteiger partial charge in [0.25, 0.3) is 0 Å². The number of hydrogen-bond donors (Lipinski definition) is 1. The average Bonchev–Trinajstić information content (AvgIpc) is 2.40. The zero-order chi connectivity index (χ0) is 13.1. The Balaban J connectivity index is 2.00. The van der Waals surface area contributed by atoms with E-state index in [4.69, 9.17) is 0 Å². The fourth-order valence-corrected chi connectivity index (χ4v) is 2.44. The highest BCUT2D eigenvalue weighted by Crippen LogP contribution is 2.21. The molecule has 1 aliphatic rings. The molecule has 0 heterocycles. The van der Waals surface area contributed by atoms with Gasteiger partial charge < -0.3 is 0 Å². The molecule has 0 bridgehead atoms. The van der Waals surface area contributed by atoms with E-state index >= 15 is 0 Å². The minimum absolute atomic E-state index is 0.0681. The minimum atomic E-state index is 0.0681. The number of hydrogen-bond acceptors (Lipinski definition) is 2. The van der Waals surface area contributed by atoms with Crippen LogP contribution in [0.1, 0.15) is 77.6 Å². The maximum absolute atomic E-state index is 11.5. The van der Waals surface area contributed by atoms with Gasteiger partial charge in [-0.3, -0.25) is 4.79 Å². The van der Waals surface area contributed by atoms with Gasteiger partial charge in [0.1, 0.15) is 0 Å². The topological polar surface area (TPSA) is 41.5 Å². The summed E-state index contributed by atoms with van der Waals surface area (Å²) in [6, 6.07) is 0. The number of rotatable bonds is 8. The molecule has 1 fully saturated rings. The first-order valence-electron chi connectivity index (χ1n) is 7.65. The fraction of sp³-hybridized carbons (Fsp3) is 0.867. The summed E-state index contributed by atoms with van der Waals surface area (Å²) in [4.78, 5) is 11.5. The Kier molecular flexibility index (Phi) is 8.53. The number of amides is 1. The number of nitrogens with zero attached hydrogens (tertiary/aromatic N) is 1. The van der Waals surface area contributed by atoms with E-state index in [1.165, 1.54) is 51.4 Å². The summed E-state index contributed by atoms with van der Waals surface area (Å²) in [6.45, 7) is 2.20. The Labute approximate surface area is 111 Å². The van der Waals surface area contributed by atoms with Gasteiger partial charge in [0.05, 0.1) is 0 Å². The highest BCUT2D eigenvalue weighted by molar-refractivity contribution is 5.76. The van der Waals surface area contributed by atoms with Crippen molar-refractivity contribution in [2.45, 2.75) is 77.6 Å². The molecule has 3 nitrogen and oxygen atoms in total. The van der Waals surface area contributed by atoms with Crippen molar-refractivity contribution in [2.75, 3.05) is 0 Å². The largest absolute Gasteiger partial charge is 0.273 e. The summed E-state index contributed by atoms with van der Waals surface area (Å²) in [6.07, 6.45) is 14.9. The molecule has 1 rings (SSSR count). The molecule has 0 saturated heterocycles. The van der Waals surface area contributed by atoms with E-state index in [1.807, 2.05) is 6.21 Å². The number of unbranched alkanes of at least 4 members (excludes halogenated alkanes) is 4. The molecular formula is C15H28N2O. The van der Waals surface area contributed by atoms with E-state index in [1.54, 1.807) is 0 Å². The molecule has 1 saturated carbocycles. The summed E-state index contributed by atoms with van der Waals surface area (Å²) in [5, 5.41) is 4.09. The highest BCUT2D eigenvalue weighted by Gasteiger charge is 2.10. The molecule has 3 heteroatoms. The van der Waals surface area contributed by atoms with Crippen molar-refractivity contribution in [1.82, 2.24) is 5.43 Å². The Morgan fingerprint density at radius 1 is 1.17 bits per heavy atom. The van der Waals surface area contributed by atoms with Crippen LogP contribution in [0, 0.1) is 5.92 Å². The second-order valence-corrected chi connectivity index (χ2v) is 5.38. The van der Waals surface area contributed by atoms with Gasteiger partial charge in [-0.25, -0.2) is 5.43 Å². The standard InChI is InChI=1S/C15H28N2O/c1-2-3-4-5-9-12-15(18)17-16-13-14-10-7-6-8-11-14/h13-14H,2-12H2,1H3,(H,17,18)/b16-13-. The molecule has 0 spiro atoms. The summed E-state index contributed by atoms with van der Waals surface area (Å²) >= 11 is 0. The average molecular weight is 252 g/mol. The molecule has 0 aliphatic heterocycles. The monoisotopic (exact) mass is 252 g/mol.